The first-order valence-electron chi connectivity index (χ1n) is 10.4. The molecule has 0 atom stereocenters. The van der Waals surface area contributed by atoms with Crippen LogP contribution in [0, 0.1) is 13.8 Å². The Balaban J connectivity index is 1.44. The Labute approximate surface area is 185 Å². The van der Waals surface area contributed by atoms with Crippen LogP contribution < -0.4 is 11.1 Å². The van der Waals surface area contributed by atoms with Crippen molar-refractivity contribution in [2.75, 3.05) is 18.9 Å². The van der Waals surface area contributed by atoms with Gasteiger partial charge >= 0.3 is 0 Å². The number of carbonyl (C=O) groups excluding carboxylic acids is 2. The van der Waals surface area contributed by atoms with E-state index >= 15 is 0 Å². The second-order valence-corrected chi connectivity index (χ2v) is 9.15. The molecule has 2 amide bonds. The zero-order chi connectivity index (χ0) is 22.1. The Kier molecular flexibility index (Phi) is 5.93. The number of nitrogens with two attached hydrogens (primary N) is 1. The standard InChI is InChI=1S/C23H27N5O2S/c1-14-18(15(2)28(26-14)16-8-5-4-6-9-16)12-27(3)13-20(29)25-23-21(22(24)30)17-10-7-11-19(17)31-23/h4-6,8-9H,7,10-13H2,1-3H3,(H2,24,30)(H,25,29). The van der Waals surface area contributed by atoms with Crippen LogP contribution in [-0.4, -0.2) is 40.1 Å². The molecule has 0 unspecified atom stereocenters. The molecule has 0 bridgehead atoms. The molecule has 0 saturated heterocycles. The Morgan fingerprint density at radius 1 is 1.23 bits per heavy atom. The van der Waals surface area contributed by atoms with E-state index in [-0.39, 0.29) is 12.5 Å². The number of likely N-dealkylation sites (N-methyl/N-ethyl adjacent to an activating group) is 1. The fourth-order valence-corrected chi connectivity index (χ4v) is 5.53. The van der Waals surface area contributed by atoms with Gasteiger partial charge in [0.2, 0.25) is 5.91 Å². The Hall–Kier alpha value is -2.97. The minimum atomic E-state index is -0.470. The third kappa shape index (κ3) is 4.26. The molecule has 4 rings (SSSR count). The zero-order valence-electron chi connectivity index (χ0n) is 18.1. The SMILES string of the molecule is Cc1nn(-c2ccccc2)c(C)c1CN(C)CC(=O)Nc1sc2c(c1C(N)=O)CCC2. The lowest BCUT2D eigenvalue weighted by Crippen LogP contribution is -2.30. The van der Waals surface area contributed by atoms with Crippen molar-refractivity contribution >= 4 is 28.2 Å². The van der Waals surface area contributed by atoms with Gasteiger partial charge in [-0.1, -0.05) is 18.2 Å². The van der Waals surface area contributed by atoms with Crippen molar-refractivity contribution in [3.8, 4) is 5.69 Å². The summed E-state index contributed by atoms with van der Waals surface area (Å²) >= 11 is 1.48. The van der Waals surface area contributed by atoms with Crippen molar-refractivity contribution < 1.29 is 9.59 Å². The molecule has 0 spiro atoms. The largest absolute Gasteiger partial charge is 0.365 e. The lowest BCUT2D eigenvalue weighted by Gasteiger charge is -2.17. The monoisotopic (exact) mass is 437 g/mol. The summed E-state index contributed by atoms with van der Waals surface area (Å²) in [7, 11) is 1.90. The first kappa shape index (κ1) is 21.3. The highest BCUT2D eigenvalue weighted by molar-refractivity contribution is 7.17. The van der Waals surface area contributed by atoms with Crippen LogP contribution in [0.25, 0.3) is 5.69 Å². The van der Waals surface area contributed by atoms with E-state index in [0.29, 0.717) is 17.1 Å². The first-order chi connectivity index (χ1) is 14.8. The number of benzene rings is 1. The number of nitrogens with zero attached hydrogens (tertiary/aromatic N) is 3. The van der Waals surface area contributed by atoms with Gasteiger partial charge in [0.1, 0.15) is 5.00 Å². The van der Waals surface area contributed by atoms with Crippen molar-refractivity contribution in [3.63, 3.8) is 0 Å². The molecule has 0 saturated carbocycles. The third-order valence-electron chi connectivity index (χ3n) is 5.70. The lowest BCUT2D eigenvalue weighted by atomic mass is 10.1. The molecule has 7 nitrogen and oxygen atoms in total. The summed E-state index contributed by atoms with van der Waals surface area (Å²) in [6.07, 6.45) is 2.83. The number of carbonyl (C=O) groups is 2. The lowest BCUT2D eigenvalue weighted by molar-refractivity contribution is -0.117. The van der Waals surface area contributed by atoms with Gasteiger partial charge in [0.15, 0.2) is 0 Å². The summed E-state index contributed by atoms with van der Waals surface area (Å²) in [6.45, 7) is 4.84. The van der Waals surface area contributed by atoms with Crippen LogP contribution in [0.1, 0.15) is 44.2 Å². The van der Waals surface area contributed by atoms with E-state index < -0.39 is 5.91 Å². The molecule has 162 valence electrons. The Bertz CT molecular complexity index is 1130. The van der Waals surface area contributed by atoms with Crippen molar-refractivity contribution in [3.05, 3.63) is 63.3 Å². The van der Waals surface area contributed by atoms with Crippen molar-refractivity contribution in [2.24, 2.45) is 5.73 Å². The summed E-state index contributed by atoms with van der Waals surface area (Å²) in [4.78, 5) is 27.7. The molecule has 1 aliphatic rings. The van der Waals surface area contributed by atoms with Gasteiger partial charge in [-0.25, -0.2) is 4.68 Å². The van der Waals surface area contributed by atoms with E-state index in [1.165, 1.54) is 11.3 Å². The average Bonchev–Trinajstić information content (AvgIpc) is 3.37. The van der Waals surface area contributed by atoms with Crippen LogP contribution in [0.4, 0.5) is 5.00 Å². The summed E-state index contributed by atoms with van der Waals surface area (Å²) < 4.78 is 1.94. The average molecular weight is 438 g/mol. The molecule has 0 radical (unpaired) electrons. The zero-order valence-corrected chi connectivity index (χ0v) is 18.9. The number of nitrogens with one attached hydrogen (secondary N) is 1. The van der Waals surface area contributed by atoms with Crippen LogP contribution in [-0.2, 0) is 24.2 Å². The topological polar surface area (TPSA) is 93.2 Å². The van der Waals surface area contributed by atoms with Crippen molar-refractivity contribution in [1.29, 1.82) is 0 Å². The number of para-hydroxylation sites is 1. The fraction of sp³-hybridized carbons (Fsp3) is 0.348. The van der Waals surface area contributed by atoms with E-state index in [9.17, 15) is 9.59 Å². The predicted molar refractivity (Wildman–Crippen MR) is 123 cm³/mol. The molecule has 0 aliphatic heterocycles. The minimum Gasteiger partial charge on any atom is -0.365 e. The smallest absolute Gasteiger partial charge is 0.251 e. The van der Waals surface area contributed by atoms with Gasteiger partial charge in [0.25, 0.3) is 5.91 Å². The summed E-state index contributed by atoms with van der Waals surface area (Å²) in [5.74, 6) is -0.627. The van der Waals surface area contributed by atoms with Gasteiger partial charge in [-0.15, -0.1) is 11.3 Å². The van der Waals surface area contributed by atoms with E-state index in [1.807, 2.05) is 60.8 Å². The molecule has 3 N–H and O–H groups in total. The Morgan fingerprint density at radius 2 is 1.97 bits per heavy atom. The highest BCUT2D eigenvalue weighted by Crippen LogP contribution is 2.38. The predicted octanol–water partition coefficient (Wildman–Crippen LogP) is 3.21. The highest BCUT2D eigenvalue weighted by atomic mass is 32.1. The molecule has 1 aromatic carbocycles. The van der Waals surface area contributed by atoms with Gasteiger partial charge in [-0.2, -0.15) is 5.10 Å². The molecule has 8 heteroatoms. The number of anilines is 1. The molecule has 1 aliphatic carbocycles. The van der Waals surface area contributed by atoms with E-state index in [1.54, 1.807) is 0 Å². The van der Waals surface area contributed by atoms with Gasteiger partial charge in [-0.3, -0.25) is 14.5 Å². The van der Waals surface area contributed by atoms with Gasteiger partial charge in [0, 0.05) is 22.7 Å². The van der Waals surface area contributed by atoms with Crippen LogP contribution in [0.5, 0.6) is 0 Å². The maximum absolute atomic E-state index is 12.7. The quantitative estimate of drug-likeness (QED) is 0.594. The van der Waals surface area contributed by atoms with Gasteiger partial charge in [-0.05, 0) is 57.9 Å². The molecule has 0 fully saturated rings. The normalized spacial score (nSPS) is 12.9. The molecule has 2 heterocycles. The van der Waals surface area contributed by atoms with Crippen molar-refractivity contribution in [2.45, 2.75) is 39.7 Å². The Morgan fingerprint density at radius 3 is 2.68 bits per heavy atom. The van der Waals surface area contributed by atoms with Crippen LogP contribution in [0.15, 0.2) is 30.3 Å². The number of fused-ring (bicyclic) bond motifs is 1. The maximum Gasteiger partial charge on any atom is 0.251 e. The fourth-order valence-electron chi connectivity index (χ4n) is 4.21. The van der Waals surface area contributed by atoms with E-state index in [0.717, 1.165) is 52.3 Å². The highest BCUT2D eigenvalue weighted by Gasteiger charge is 2.26. The number of thiophene rings is 1. The number of aromatic nitrogens is 2. The number of hydrogen-bond acceptors (Lipinski definition) is 5. The van der Waals surface area contributed by atoms with E-state index in [2.05, 4.69) is 10.4 Å². The molecule has 2 aromatic heterocycles. The number of rotatable bonds is 7. The molecular weight excluding hydrogens is 410 g/mol. The number of aryl methyl sites for hydroxylation is 2. The second kappa shape index (κ2) is 8.64. The first-order valence-corrected chi connectivity index (χ1v) is 11.2. The van der Waals surface area contributed by atoms with Gasteiger partial charge < -0.3 is 11.1 Å². The summed E-state index contributed by atoms with van der Waals surface area (Å²) in [6, 6.07) is 10.0. The van der Waals surface area contributed by atoms with Crippen LogP contribution in [0.2, 0.25) is 0 Å². The molecule has 31 heavy (non-hydrogen) atoms. The van der Waals surface area contributed by atoms with Crippen LogP contribution >= 0.6 is 11.3 Å². The van der Waals surface area contributed by atoms with Gasteiger partial charge in [0.05, 0.1) is 23.5 Å². The number of amides is 2. The maximum atomic E-state index is 12.7. The number of primary amides is 1. The summed E-state index contributed by atoms with van der Waals surface area (Å²) in [5.41, 5.74) is 11.2. The minimum absolute atomic E-state index is 0.157. The molecular formula is C23H27N5O2S. The number of hydrogen-bond donors (Lipinski definition) is 2. The molecule has 3 aromatic rings. The summed E-state index contributed by atoms with van der Waals surface area (Å²) in [5, 5.41) is 8.18. The van der Waals surface area contributed by atoms with E-state index in [4.69, 9.17) is 5.73 Å². The van der Waals surface area contributed by atoms with Crippen molar-refractivity contribution in [1.82, 2.24) is 14.7 Å². The second-order valence-electron chi connectivity index (χ2n) is 8.04. The third-order valence-corrected chi connectivity index (χ3v) is 6.91. The van der Waals surface area contributed by atoms with Crippen LogP contribution in [0.3, 0.4) is 0 Å².